The highest BCUT2D eigenvalue weighted by Gasteiger charge is 2.36. The van der Waals surface area contributed by atoms with Crippen LogP contribution in [0, 0.1) is 0 Å². The summed E-state index contributed by atoms with van der Waals surface area (Å²) in [4.78, 5) is 5.03. The molecule has 0 saturated carbocycles. The summed E-state index contributed by atoms with van der Waals surface area (Å²) in [6.07, 6.45) is 4.12. The Labute approximate surface area is 211 Å². The van der Waals surface area contributed by atoms with Crippen LogP contribution in [0.4, 0.5) is 0 Å². The van der Waals surface area contributed by atoms with E-state index < -0.39 is 20.0 Å². The maximum Gasteiger partial charge on any atom is 0.243 e. The second-order valence-corrected chi connectivity index (χ2v) is 14.5. The van der Waals surface area contributed by atoms with Crippen molar-refractivity contribution in [2.75, 3.05) is 13.1 Å². The SMILES string of the molecule is C[C@@H]1CCC[C@@H](C)N1S(=O)(=O)c1ccc(S(=O)(=O)N2CCC(c3nc4ccccc4s3)CC2)cc1. The molecule has 0 spiro atoms. The van der Waals surface area contributed by atoms with Crippen LogP contribution >= 0.6 is 11.3 Å². The third kappa shape index (κ3) is 4.67. The Morgan fingerprint density at radius 1 is 0.800 bits per heavy atom. The van der Waals surface area contributed by atoms with Crippen molar-refractivity contribution in [2.45, 2.75) is 73.7 Å². The summed E-state index contributed by atoms with van der Waals surface area (Å²) in [7, 11) is -7.37. The lowest BCUT2D eigenvalue weighted by atomic mass is 9.99. The number of hydrogen-bond donors (Lipinski definition) is 0. The Morgan fingerprint density at radius 3 is 1.97 bits per heavy atom. The first-order valence-corrected chi connectivity index (χ1v) is 15.9. The Bertz CT molecular complexity index is 1370. The maximum absolute atomic E-state index is 13.3. The molecule has 1 aromatic heterocycles. The molecule has 0 aliphatic carbocycles. The van der Waals surface area contributed by atoms with Crippen molar-refractivity contribution in [3.63, 3.8) is 0 Å². The van der Waals surface area contributed by atoms with Crippen LogP contribution in [0.3, 0.4) is 0 Å². The standard InChI is InChI=1S/C25H31N3O4S3/c1-18-6-5-7-19(2)28(18)35(31,32)22-12-10-21(11-13-22)34(29,30)27-16-14-20(15-17-27)25-26-23-8-3-4-9-24(23)33-25/h3-4,8-13,18-20H,5-7,14-17H2,1-2H3/t18-,19-/m1/s1. The largest absolute Gasteiger partial charge is 0.243 e. The van der Waals surface area contributed by atoms with Crippen LogP contribution in [0.2, 0.25) is 0 Å². The number of fused-ring (bicyclic) bond motifs is 1. The van der Waals surface area contributed by atoms with Crippen molar-refractivity contribution in [1.82, 2.24) is 13.6 Å². The smallest absolute Gasteiger partial charge is 0.241 e. The average molecular weight is 534 g/mol. The zero-order valence-electron chi connectivity index (χ0n) is 20.0. The third-order valence-electron chi connectivity index (χ3n) is 7.26. The van der Waals surface area contributed by atoms with Gasteiger partial charge >= 0.3 is 0 Å². The van der Waals surface area contributed by atoms with Crippen LogP contribution in [-0.2, 0) is 20.0 Å². The van der Waals surface area contributed by atoms with Gasteiger partial charge in [0.05, 0.1) is 25.0 Å². The highest BCUT2D eigenvalue weighted by molar-refractivity contribution is 7.89. The molecule has 0 bridgehead atoms. The van der Waals surface area contributed by atoms with Gasteiger partial charge in [-0.25, -0.2) is 21.8 Å². The Morgan fingerprint density at radius 2 is 1.37 bits per heavy atom. The van der Waals surface area contributed by atoms with Crippen molar-refractivity contribution < 1.29 is 16.8 Å². The second-order valence-electron chi connectivity index (χ2n) is 9.63. The van der Waals surface area contributed by atoms with Gasteiger partial charge in [-0.3, -0.25) is 0 Å². The lowest BCUT2D eigenvalue weighted by molar-refractivity contribution is 0.204. The topological polar surface area (TPSA) is 87.7 Å². The number of sulfonamides is 2. The molecular weight excluding hydrogens is 502 g/mol. The molecule has 0 radical (unpaired) electrons. The Balaban J connectivity index is 1.29. The van der Waals surface area contributed by atoms with E-state index in [1.165, 1.54) is 28.6 Å². The molecule has 0 N–H and O–H groups in total. The summed E-state index contributed by atoms with van der Waals surface area (Å²) in [6.45, 7) is 4.71. The monoisotopic (exact) mass is 533 g/mol. The van der Waals surface area contributed by atoms with E-state index in [-0.39, 0.29) is 27.8 Å². The lowest BCUT2D eigenvalue weighted by Crippen LogP contribution is -2.47. The minimum Gasteiger partial charge on any atom is -0.241 e. The molecule has 2 fully saturated rings. The first kappa shape index (κ1) is 24.8. The fourth-order valence-electron chi connectivity index (χ4n) is 5.33. The highest BCUT2D eigenvalue weighted by atomic mass is 32.2. The molecule has 3 aromatic rings. The van der Waals surface area contributed by atoms with Gasteiger partial charge in [0, 0.05) is 31.1 Å². The molecule has 2 aliphatic heterocycles. The fourth-order valence-corrected chi connectivity index (χ4v) is 9.82. The molecule has 2 saturated heterocycles. The van der Waals surface area contributed by atoms with Crippen LogP contribution in [0.25, 0.3) is 10.2 Å². The van der Waals surface area contributed by atoms with E-state index in [1.54, 1.807) is 15.6 Å². The van der Waals surface area contributed by atoms with Crippen molar-refractivity contribution in [3.8, 4) is 0 Å². The third-order valence-corrected chi connectivity index (χ3v) is 12.5. The summed E-state index contributed by atoms with van der Waals surface area (Å²) in [5, 5.41) is 1.07. The van der Waals surface area contributed by atoms with Crippen LogP contribution < -0.4 is 0 Å². The van der Waals surface area contributed by atoms with E-state index in [0.29, 0.717) is 13.1 Å². The molecule has 5 rings (SSSR count). The van der Waals surface area contributed by atoms with Gasteiger partial charge in [0.2, 0.25) is 20.0 Å². The number of benzene rings is 2. The van der Waals surface area contributed by atoms with Gasteiger partial charge in [-0.15, -0.1) is 11.3 Å². The molecule has 0 unspecified atom stereocenters. The van der Waals surface area contributed by atoms with Crippen molar-refractivity contribution in [1.29, 1.82) is 0 Å². The van der Waals surface area contributed by atoms with Crippen molar-refractivity contribution >= 4 is 41.6 Å². The predicted octanol–water partition coefficient (Wildman–Crippen LogP) is 4.82. The molecular formula is C25H31N3O4S3. The van der Waals surface area contributed by atoms with Gasteiger partial charge in [-0.05, 0) is 75.9 Å². The summed E-state index contributed by atoms with van der Waals surface area (Å²) in [5.41, 5.74) is 0.992. The minimum absolute atomic E-state index is 0.0658. The highest BCUT2D eigenvalue weighted by Crippen LogP contribution is 2.35. The van der Waals surface area contributed by atoms with Gasteiger partial charge in [-0.2, -0.15) is 8.61 Å². The van der Waals surface area contributed by atoms with E-state index >= 15 is 0 Å². The first-order chi connectivity index (χ1) is 16.7. The second kappa shape index (κ2) is 9.55. The molecule has 188 valence electrons. The summed E-state index contributed by atoms with van der Waals surface area (Å²) < 4.78 is 57.4. The minimum atomic E-state index is -3.69. The number of thiazole rings is 1. The zero-order chi connectivity index (χ0) is 24.8. The van der Waals surface area contributed by atoms with Crippen molar-refractivity contribution in [3.05, 3.63) is 53.5 Å². The Hall–Kier alpha value is -1.85. The summed E-state index contributed by atoms with van der Waals surface area (Å²) >= 11 is 1.68. The quantitative estimate of drug-likeness (QED) is 0.469. The zero-order valence-corrected chi connectivity index (χ0v) is 22.4. The molecule has 0 amide bonds. The first-order valence-electron chi connectivity index (χ1n) is 12.2. The molecule has 2 atom stereocenters. The van der Waals surface area contributed by atoms with Gasteiger partial charge in [0.1, 0.15) is 0 Å². The number of nitrogens with zero attached hydrogens (tertiary/aromatic N) is 3. The van der Waals surface area contributed by atoms with E-state index in [0.717, 1.165) is 47.3 Å². The van der Waals surface area contributed by atoms with Crippen LogP contribution in [0.5, 0.6) is 0 Å². The molecule has 35 heavy (non-hydrogen) atoms. The molecule has 2 aliphatic rings. The molecule has 3 heterocycles. The number of rotatable bonds is 5. The van der Waals surface area contributed by atoms with Gasteiger partial charge in [0.25, 0.3) is 0 Å². The van der Waals surface area contributed by atoms with Gasteiger partial charge in [0.15, 0.2) is 0 Å². The van der Waals surface area contributed by atoms with Crippen LogP contribution in [0.15, 0.2) is 58.3 Å². The van der Waals surface area contributed by atoms with E-state index in [9.17, 15) is 16.8 Å². The lowest BCUT2D eigenvalue weighted by Gasteiger charge is -2.37. The fraction of sp³-hybridized carbons (Fsp3) is 0.480. The number of aromatic nitrogens is 1. The predicted molar refractivity (Wildman–Crippen MR) is 139 cm³/mol. The van der Waals surface area contributed by atoms with E-state index in [4.69, 9.17) is 4.98 Å². The number of hydrogen-bond acceptors (Lipinski definition) is 6. The normalized spacial score (nSPS) is 23.6. The molecule has 2 aromatic carbocycles. The maximum atomic E-state index is 13.3. The molecule has 10 heteroatoms. The summed E-state index contributed by atoms with van der Waals surface area (Å²) in [6, 6.07) is 13.6. The van der Waals surface area contributed by atoms with Crippen LogP contribution in [0.1, 0.15) is 56.9 Å². The van der Waals surface area contributed by atoms with Gasteiger partial charge in [-0.1, -0.05) is 18.6 Å². The summed E-state index contributed by atoms with van der Waals surface area (Å²) in [5.74, 6) is 0.250. The molecule has 7 nitrogen and oxygen atoms in total. The van der Waals surface area contributed by atoms with E-state index in [2.05, 4.69) is 6.07 Å². The Kier molecular flexibility index (Phi) is 6.78. The van der Waals surface area contributed by atoms with Gasteiger partial charge < -0.3 is 0 Å². The van der Waals surface area contributed by atoms with Crippen molar-refractivity contribution in [2.24, 2.45) is 0 Å². The number of para-hydroxylation sites is 1. The number of piperidine rings is 2. The van der Waals surface area contributed by atoms with Crippen LogP contribution in [-0.4, -0.2) is 55.6 Å². The average Bonchev–Trinajstić information content (AvgIpc) is 3.28. The van der Waals surface area contributed by atoms with E-state index in [1.807, 2.05) is 32.0 Å².